The Morgan fingerprint density at radius 2 is 1.63 bits per heavy atom. The predicted molar refractivity (Wildman–Crippen MR) is 139 cm³/mol. The molecule has 2 amide bonds. The molecule has 0 spiro atoms. The summed E-state index contributed by atoms with van der Waals surface area (Å²) < 4.78 is 21.5. The van der Waals surface area contributed by atoms with E-state index in [0.29, 0.717) is 42.6 Å². The number of carbonyl (C=O) groups is 2. The third-order valence-corrected chi connectivity index (χ3v) is 6.44. The predicted octanol–water partition coefficient (Wildman–Crippen LogP) is 5.09. The molecule has 200 valence electrons. The molecule has 0 bridgehead atoms. The zero-order valence-electron chi connectivity index (χ0n) is 21.5. The molecular formula is C28H31N3O7. The first-order valence-electron chi connectivity index (χ1n) is 12.3. The van der Waals surface area contributed by atoms with E-state index in [1.54, 1.807) is 19.1 Å². The monoisotopic (exact) mass is 521 g/mol. The molecule has 10 heteroatoms. The summed E-state index contributed by atoms with van der Waals surface area (Å²) in [5.41, 5.74) is 2.48. The molecule has 2 aromatic carbocycles. The van der Waals surface area contributed by atoms with Gasteiger partial charge in [-0.05, 0) is 61.4 Å². The minimum Gasteiger partial charge on any atom is -0.497 e. The minimum absolute atomic E-state index is 0.00208. The van der Waals surface area contributed by atoms with Crippen LogP contribution in [-0.4, -0.2) is 66.0 Å². The van der Waals surface area contributed by atoms with Crippen molar-refractivity contribution in [2.75, 3.05) is 33.9 Å². The standard InChI is InChI=1S/C28H31N3O7/c1-4-37-24(32)15-18-31(34)28(33)30-16-13-21(14-17-30)27-29-25(19-5-9-22(35-2)10-6-19)26(38-27)20-7-11-23(36-3)12-8-20/h4-12,21,34H,1,13-18H2,2-3H3. The van der Waals surface area contributed by atoms with E-state index in [1.807, 2.05) is 48.5 Å². The lowest BCUT2D eigenvalue weighted by molar-refractivity contribution is -0.140. The molecule has 1 fully saturated rings. The molecule has 10 nitrogen and oxygen atoms in total. The minimum atomic E-state index is -0.574. The third kappa shape index (κ3) is 6.15. The number of nitrogens with zero attached hydrogens (tertiary/aromatic N) is 3. The highest BCUT2D eigenvalue weighted by Gasteiger charge is 2.30. The van der Waals surface area contributed by atoms with E-state index in [1.165, 1.54) is 0 Å². The van der Waals surface area contributed by atoms with Crippen molar-refractivity contribution >= 4 is 12.0 Å². The highest BCUT2D eigenvalue weighted by atomic mass is 16.5. The summed E-state index contributed by atoms with van der Waals surface area (Å²) in [6, 6.07) is 14.7. The van der Waals surface area contributed by atoms with Crippen LogP contribution in [0.3, 0.4) is 0 Å². The van der Waals surface area contributed by atoms with Gasteiger partial charge in [-0.3, -0.25) is 10.0 Å². The average molecular weight is 522 g/mol. The summed E-state index contributed by atoms with van der Waals surface area (Å²) in [5, 5.41) is 10.6. The summed E-state index contributed by atoms with van der Waals surface area (Å²) in [6.07, 6.45) is 2.11. The fraction of sp³-hybridized carbons (Fsp3) is 0.321. The Morgan fingerprint density at radius 1 is 1.05 bits per heavy atom. The zero-order valence-corrected chi connectivity index (χ0v) is 21.5. The smallest absolute Gasteiger partial charge is 0.343 e. The van der Waals surface area contributed by atoms with Crippen LogP contribution in [0, 0.1) is 0 Å². The van der Waals surface area contributed by atoms with Crippen molar-refractivity contribution in [1.29, 1.82) is 0 Å². The van der Waals surface area contributed by atoms with Crippen LogP contribution < -0.4 is 9.47 Å². The maximum absolute atomic E-state index is 12.6. The van der Waals surface area contributed by atoms with Crippen LogP contribution in [0.15, 0.2) is 65.8 Å². The molecule has 4 rings (SSSR count). The fourth-order valence-corrected chi connectivity index (χ4v) is 4.32. The number of benzene rings is 2. The van der Waals surface area contributed by atoms with Crippen molar-refractivity contribution in [3.05, 3.63) is 67.3 Å². The molecule has 0 saturated carbocycles. The van der Waals surface area contributed by atoms with E-state index in [4.69, 9.17) is 18.9 Å². The van der Waals surface area contributed by atoms with Crippen LogP contribution in [-0.2, 0) is 9.53 Å². The lowest BCUT2D eigenvalue weighted by atomic mass is 9.97. The maximum Gasteiger partial charge on any atom is 0.343 e. The molecule has 0 aliphatic carbocycles. The number of methoxy groups -OCH3 is 2. The van der Waals surface area contributed by atoms with Gasteiger partial charge in [0.05, 0.1) is 33.4 Å². The number of hydroxylamine groups is 2. The molecule has 1 N–H and O–H groups in total. The number of rotatable bonds is 9. The van der Waals surface area contributed by atoms with Gasteiger partial charge in [-0.2, -0.15) is 0 Å². The average Bonchev–Trinajstić information content (AvgIpc) is 3.41. The van der Waals surface area contributed by atoms with Crippen LogP contribution >= 0.6 is 0 Å². The van der Waals surface area contributed by atoms with Crippen molar-refractivity contribution in [2.45, 2.75) is 25.2 Å². The van der Waals surface area contributed by atoms with Crippen LogP contribution in [0.2, 0.25) is 0 Å². The Morgan fingerprint density at radius 3 is 2.18 bits per heavy atom. The first-order valence-corrected chi connectivity index (χ1v) is 12.3. The highest BCUT2D eigenvalue weighted by Crippen LogP contribution is 2.38. The van der Waals surface area contributed by atoms with E-state index < -0.39 is 12.0 Å². The quantitative estimate of drug-likeness (QED) is 0.179. The zero-order chi connectivity index (χ0) is 27.1. The Kier molecular flexibility index (Phi) is 8.65. The van der Waals surface area contributed by atoms with Crippen LogP contribution in [0.4, 0.5) is 4.79 Å². The number of amides is 2. The van der Waals surface area contributed by atoms with Gasteiger partial charge in [0.2, 0.25) is 0 Å². The second-order valence-corrected chi connectivity index (χ2v) is 8.76. The van der Waals surface area contributed by atoms with Crippen LogP contribution in [0.25, 0.3) is 22.6 Å². The fourth-order valence-electron chi connectivity index (χ4n) is 4.32. The number of esters is 1. The summed E-state index contributed by atoms with van der Waals surface area (Å²) in [6.45, 7) is 3.97. The molecule has 1 saturated heterocycles. The topological polar surface area (TPSA) is 115 Å². The number of piperidine rings is 1. The molecule has 1 aliphatic rings. The Balaban J connectivity index is 1.49. The van der Waals surface area contributed by atoms with Gasteiger partial charge in [0.25, 0.3) is 0 Å². The van der Waals surface area contributed by atoms with Gasteiger partial charge >= 0.3 is 12.0 Å². The molecule has 38 heavy (non-hydrogen) atoms. The first kappa shape index (κ1) is 26.7. The Bertz CT molecular complexity index is 1180. The van der Waals surface area contributed by atoms with Crippen molar-refractivity contribution < 1.29 is 33.4 Å². The molecule has 0 radical (unpaired) electrons. The third-order valence-electron chi connectivity index (χ3n) is 6.44. The van der Waals surface area contributed by atoms with E-state index in [-0.39, 0.29) is 18.9 Å². The maximum atomic E-state index is 12.6. The SMILES string of the molecule is C=COC(=O)CCN(O)C(=O)N1CCC(c2nc(-c3ccc(OC)cc3)c(-c3ccc(OC)cc3)o2)CC1. The van der Waals surface area contributed by atoms with Crippen molar-refractivity contribution in [3.63, 3.8) is 0 Å². The normalized spacial score (nSPS) is 13.6. The number of ether oxygens (including phenoxy) is 3. The summed E-state index contributed by atoms with van der Waals surface area (Å²) in [7, 11) is 3.24. The summed E-state index contributed by atoms with van der Waals surface area (Å²) in [5.74, 6) is 2.16. The number of hydrogen-bond acceptors (Lipinski definition) is 8. The van der Waals surface area contributed by atoms with Gasteiger partial charge in [-0.25, -0.2) is 14.8 Å². The van der Waals surface area contributed by atoms with Crippen LogP contribution in [0.5, 0.6) is 11.5 Å². The number of carbonyl (C=O) groups excluding carboxylic acids is 2. The van der Waals surface area contributed by atoms with Gasteiger partial charge < -0.3 is 23.5 Å². The van der Waals surface area contributed by atoms with E-state index in [2.05, 4.69) is 11.3 Å². The lowest BCUT2D eigenvalue weighted by Gasteiger charge is -2.32. The van der Waals surface area contributed by atoms with Crippen molar-refractivity contribution in [2.24, 2.45) is 0 Å². The summed E-state index contributed by atoms with van der Waals surface area (Å²) in [4.78, 5) is 30.5. The molecule has 3 aromatic rings. The van der Waals surface area contributed by atoms with Gasteiger partial charge in [0.15, 0.2) is 11.7 Å². The number of hydrogen-bond donors (Lipinski definition) is 1. The van der Waals surface area contributed by atoms with Crippen LogP contribution in [0.1, 0.15) is 31.1 Å². The second-order valence-electron chi connectivity index (χ2n) is 8.76. The van der Waals surface area contributed by atoms with Gasteiger partial charge in [0.1, 0.15) is 17.2 Å². The van der Waals surface area contributed by atoms with Gasteiger partial charge in [0, 0.05) is 30.1 Å². The number of aromatic nitrogens is 1. The van der Waals surface area contributed by atoms with Gasteiger partial charge in [-0.1, -0.05) is 6.58 Å². The molecule has 2 heterocycles. The first-order chi connectivity index (χ1) is 18.4. The molecule has 0 unspecified atom stereocenters. The lowest BCUT2D eigenvalue weighted by Crippen LogP contribution is -2.45. The van der Waals surface area contributed by atoms with E-state index >= 15 is 0 Å². The number of urea groups is 1. The largest absolute Gasteiger partial charge is 0.497 e. The molecule has 0 atom stereocenters. The van der Waals surface area contributed by atoms with Crippen molar-refractivity contribution in [1.82, 2.24) is 14.9 Å². The molecule has 1 aromatic heterocycles. The highest BCUT2D eigenvalue weighted by molar-refractivity contribution is 5.77. The second kappa shape index (κ2) is 12.3. The number of oxazole rings is 1. The number of likely N-dealkylation sites (tertiary alicyclic amines) is 1. The molecular weight excluding hydrogens is 490 g/mol. The van der Waals surface area contributed by atoms with Crippen molar-refractivity contribution in [3.8, 4) is 34.1 Å². The molecule has 1 aliphatic heterocycles. The Hall–Kier alpha value is -4.31. The van der Waals surface area contributed by atoms with E-state index in [0.717, 1.165) is 34.6 Å². The van der Waals surface area contributed by atoms with E-state index in [9.17, 15) is 14.8 Å². The summed E-state index contributed by atoms with van der Waals surface area (Å²) >= 11 is 0. The Labute approximate surface area is 221 Å². The van der Waals surface area contributed by atoms with Gasteiger partial charge in [-0.15, -0.1) is 0 Å².